The third-order valence-corrected chi connectivity index (χ3v) is 4.62. The first-order chi connectivity index (χ1) is 16.8. The largest absolute Gasteiger partial charge is 0.459 e. The van der Waals surface area contributed by atoms with Gasteiger partial charge in [0.25, 0.3) is 5.91 Å². The highest BCUT2D eigenvalue weighted by atomic mass is 35.5. The molecule has 202 valence electrons. The van der Waals surface area contributed by atoms with Crippen molar-refractivity contribution in [3.8, 4) is 5.75 Å². The van der Waals surface area contributed by atoms with Crippen LogP contribution in [0.5, 0.6) is 5.75 Å². The number of ether oxygens (including phenoxy) is 2. The molecular formula is C23H21ClF6N2O5. The Labute approximate surface area is 212 Å². The van der Waals surface area contributed by atoms with Crippen molar-refractivity contribution in [2.45, 2.75) is 38.7 Å². The van der Waals surface area contributed by atoms with Crippen LogP contribution in [0.25, 0.3) is 0 Å². The third kappa shape index (κ3) is 8.55. The summed E-state index contributed by atoms with van der Waals surface area (Å²) in [5.74, 6) is -2.46. The van der Waals surface area contributed by atoms with Crippen LogP contribution in [-0.2, 0) is 21.9 Å². The number of amides is 2. The number of nitrogens with one attached hydrogen (secondary N) is 1. The van der Waals surface area contributed by atoms with E-state index in [1.54, 1.807) is 20.8 Å². The molecule has 2 aromatic carbocycles. The second-order valence-corrected chi connectivity index (χ2v) is 9.10. The molecular weight excluding hydrogens is 534 g/mol. The normalized spacial score (nSPS) is 12.1. The molecule has 2 aromatic rings. The average molecular weight is 555 g/mol. The average Bonchev–Trinajstić information content (AvgIpc) is 2.72. The molecule has 0 heterocycles. The number of carbonyl (C=O) groups is 3. The number of alkyl halides is 6. The molecule has 0 aliphatic heterocycles. The molecule has 0 radical (unpaired) electrons. The topological polar surface area (TPSA) is 84.9 Å². The van der Waals surface area contributed by atoms with Gasteiger partial charge in [-0.1, -0.05) is 11.6 Å². The van der Waals surface area contributed by atoms with Crippen molar-refractivity contribution in [1.82, 2.24) is 4.90 Å². The van der Waals surface area contributed by atoms with E-state index in [-0.39, 0.29) is 11.1 Å². The smallest absolute Gasteiger partial charge is 0.418 e. The predicted molar refractivity (Wildman–Crippen MR) is 120 cm³/mol. The number of likely N-dealkylation sites (N-methyl/N-ethyl adjacent to an activating group) is 1. The Morgan fingerprint density at radius 2 is 1.57 bits per heavy atom. The van der Waals surface area contributed by atoms with Crippen LogP contribution in [0.4, 0.5) is 36.8 Å². The van der Waals surface area contributed by atoms with E-state index in [1.165, 1.54) is 13.1 Å². The van der Waals surface area contributed by atoms with E-state index in [1.807, 2.05) is 5.32 Å². The summed E-state index contributed by atoms with van der Waals surface area (Å²) in [5.41, 5.74) is -5.60. The van der Waals surface area contributed by atoms with Gasteiger partial charge in [-0.25, -0.2) is 4.79 Å². The van der Waals surface area contributed by atoms with E-state index in [0.717, 1.165) is 17.0 Å². The fourth-order valence-corrected chi connectivity index (χ4v) is 3.00. The maximum Gasteiger partial charge on any atom is 0.418 e. The molecule has 0 saturated heterocycles. The number of anilines is 1. The van der Waals surface area contributed by atoms with Gasteiger partial charge in [-0.15, -0.1) is 0 Å². The number of rotatable bonds is 5. The lowest BCUT2D eigenvalue weighted by Crippen LogP contribution is -2.37. The van der Waals surface area contributed by atoms with Crippen molar-refractivity contribution >= 4 is 35.3 Å². The Morgan fingerprint density at radius 1 is 0.946 bits per heavy atom. The van der Waals surface area contributed by atoms with Gasteiger partial charge in [0.15, 0.2) is 0 Å². The minimum Gasteiger partial charge on any atom is -0.459 e. The lowest BCUT2D eigenvalue weighted by molar-refractivity contribution is -0.155. The van der Waals surface area contributed by atoms with Crippen LogP contribution in [0.2, 0.25) is 5.02 Å². The van der Waals surface area contributed by atoms with E-state index in [4.69, 9.17) is 21.1 Å². The number of nitrogens with zero attached hydrogens (tertiary/aromatic N) is 1. The summed E-state index contributed by atoms with van der Waals surface area (Å²) < 4.78 is 89.2. The van der Waals surface area contributed by atoms with Crippen LogP contribution in [0.1, 0.15) is 42.3 Å². The molecule has 0 aliphatic carbocycles. The van der Waals surface area contributed by atoms with Gasteiger partial charge >= 0.3 is 24.4 Å². The van der Waals surface area contributed by atoms with Crippen LogP contribution in [-0.4, -0.2) is 42.1 Å². The molecule has 0 saturated carbocycles. The van der Waals surface area contributed by atoms with E-state index in [2.05, 4.69) is 0 Å². The molecule has 14 heteroatoms. The second-order valence-electron chi connectivity index (χ2n) is 8.66. The van der Waals surface area contributed by atoms with Gasteiger partial charge < -0.3 is 14.8 Å². The van der Waals surface area contributed by atoms with Crippen LogP contribution in [0.15, 0.2) is 36.4 Å². The van der Waals surface area contributed by atoms with Gasteiger partial charge in [0.1, 0.15) is 17.9 Å². The maximum atomic E-state index is 13.4. The monoisotopic (exact) mass is 554 g/mol. The molecule has 1 N–H and O–H groups in total. The third-order valence-electron chi connectivity index (χ3n) is 4.38. The number of esters is 1. The number of hydrogen-bond acceptors (Lipinski definition) is 5. The Hall–Kier alpha value is -3.48. The Balaban J connectivity index is 2.31. The zero-order valence-corrected chi connectivity index (χ0v) is 20.6. The van der Waals surface area contributed by atoms with Crippen LogP contribution < -0.4 is 10.1 Å². The molecule has 0 atom stereocenters. The van der Waals surface area contributed by atoms with Crippen LogP contribution in [0, 0.1) is 0 Å². The molecule has 2 amide bonds. The standard InChI is InChI=1S/C23H21ClF6N2O5/c1-21(2,3)37-18(33)11-32(4)20(35)36-17-8-6-13(24)10-14(17)19(34)31-16-7-5-12(22(25,26)27)9-15(16)23(28,29)30/h5-10H,11H2,1-4H3,(H,31,34). The Bertz CT molecular complexity index is 1190. The zero-order valence-electron chi connectivity index (χ0n) is 19.8. The highest BCUT2D eigenvalue weighted by Crippen LogP contribution is 2.39. The van der Waals surface area contributed by atoms with Gasteiger partial charge in [-0.05, 0) is 57.2 Å². The van der Waals surface area contributed by atoms with Gasteiger partial charge in [0.05, 0.1) is 22.4 Å². The first kappa shape index (κ1) is 29.7. The predicted octanol–water partition coefficient (Wildman–Crippen LogP) is 6.40. The lowest BCUT2D eigenvalue weighted by Gasteiger charge is -2.22. The summed E-state index contributed by atoms with van der Waals surface area (Å²) in [4.78, 5) is 38.0. The Morgan fingerprint density at radius 3 is 2.11 bits per heavy atom. The highest BCUT2D eigenvalue weighted by Gasteiger charge is 2.38. The highest BCUT2D eigenvalue weighted by molar-refractivity contribution is 6.31. The van der Waals surface area contributed by atoms with Crippen molar-refractivity contribution in [2.24, 2.45) is 0 Å². The van der Waals surface area contributed by atoms with Gasteiger partial charge in [0.2, 0.25) is 0 Å². The van der Waals surface area contributed by atoms with Crippen molar-refractivity contribution in [3.05, 3.63) is 58.1 Å². The first-order valence-corrected chi connectivity index (χ1v) is 10.7. The van der Waals surface area contributed by atoms with Gasteiger partial charge in [-0.3, -0.25) is 14.5 Å². The fourth-order valence-electron chi connectivity index (χ4n) is 2.83. The van der Waals surface area contributed by atoms with Gasteiger partial charge in [0, 0.05) is 12.1 Å². The molecule has 7 nitrogen and oxygen atoms in total. The SMILES string of the molecule is CN(CC(=O)OC(C)(C)C)C(=O)Oc1ccc(Cl)cc1C(=O)Nc1ccc(C(F)(F)F)cc1C(F)(F)F. The van der Waals surface area contributed by atoms with Crippen molar-refractivity contribution < 1.29 is 50.2 Å². The zero-order chi connectivity index (χ0) is 28.3. The number of carbonyl (C=O) groups excluding carboxylic acids is 3. The summed E-state index contributed by atoms with van der Waals surface area (Å²) >= 11 is 5.87. The van der Waals surface area contributed by atoms with E-state index in [9.17, 15) is 40.7 Å². The Kier molecular flexibility index (Phi) is 8.74. The summed E-state index contributed by atoms with van der Waals surface area (Å²) in [5, 5.41) is 1.82. The van der Waals surface area contributed by atoms with E-state index >= 15 is 0 Å². The summed E-state index contributed by atoms with van der Waals surface area (Å²) in [6.45, 7) is 4.32. The van der Waals surface area contributed by atoms with Crippen molar-refractivity contribution in [3.63, 3.8) is 0 Å². The minimum atomic E-state index is -5.24. The summed E-state index contributed by atoms with van der Waals surface area (Å²) in [6, 6.07) is 3.95. The number of halogens is 7. The lowest BCUT2D eigenvalue weighted by atomic mass is 10.1. The molecule has 0 aliphatic rings. The van der Waals surface area contributed by atoms with E-state index < -0.39 is 70.6 Å². The molecule has 0 spiro atoms. The van der Waals surface area contributed by atoms with Gasteiger partial charge in [-0.2, -0.15) is 26.3 Å². The summed E-state index contributed by atoms with van der Waals surface area (Å²) in [7, 11) is 1.19. The fraction of sp³-hybridized carbons (Fsp3) is 0.348. The van der Waals surface area contributed by atoms with E-state index in [0.29, 0.717) is 12.1 Å². The number of benzene rings is 2. The summed E-state index contributed by atoms with van der Waals surface area (Å²) in [6.07, 6.45) is -11.4. The van der Waals surface area contributed by atoms with Crippen molar-refractivity contribution in [2.75, 3.05) is 18.9 Å². The second kappa shape index (κ2) is 10.9. The molecule has 0 fully saturated rings. The quantitative estimate of drug-likeness (QED) is 0.341. The van der Waals surface area contributed by atoms with Crippen molar-refractivity contribution in [1.29, 1.82) is 0 Å². The molecule has 0 unspecified atom stereocenters. The molecule has 37 heavy (non-hydrogen) atoms. The minimum absolute atomic E-state index is 0.0597. The molecule has 0 bridgehead atoms. The molecule has 2 rings (SSSR count). The van der Waals surface area contributed by atoms with Crippen LogP contribution in [0.3, 0.4) is 0 Å². The van der Waals surface area contributed by atoms with Crippen LogP contribution >= 0.6 is 11.6 Å². The number of hydrogen-bond donors (Lipinski definition) is 1. The maximum absolute atomic E-state index is 13.4. The molecule has 0 aromatic heterocycles. The first-order valence-electron chi connectivity index (χ1n) is 10.3.